The molecule has 6 heteroatoms. The molecule has 0 fully saturated rings. The summed E-state index contributed by atoms with van der Waals surface area (Å²) in [6.45, 7) is 5.63. The first-order valence-electron chi connectivity index (χ1n) is 6.05. The van der Waals surface area contributed by atoms with Crippen LogP contribution in [0.3, 0.4) is 0 Å². The lowest BCUT2D eigenvalue weighted by Gasteiger charge is -2.32. The topological polar surface area (TPSA) is 58.4 Å². The maximum atomic E-state index is 10.8. The van der Waals surface area contributed by atoms with E-state index in [4.69, 9.17) is 11.6 Å². The summed E-state index contributed by atoms with van der Waals surface area (Å²) in [4.78, 5) is 12.5. The number of nitrogens with one attached hydrogen (secondary N) is 1. The van der Waals surface area contributed by atoms with Crippen molar-refractivity contribution in [2.75, 3.05) is 20.6 Å². The summed E-state index contributed by atoms with van der Waals surface area (Å²) in [5.41, 5.74) is 0.830. The number of rotatable bonds is 6. The third kappa shape index (κ3) is 4.45. The quantitative estimate of drug-likeness (QED) is 0.645. The van der Waals surface area contributed by atoms with Gasteiger partial charge < -0.3 is 10.2 Å². The van der Waals surface area contributed by atoms with Gasteiger partial charge in [-0.3, -0.25) is 10.1 Å². The standard InChI is InChI=1S/C13H20ClN3O2/c1-13(2,16(3)4)9-15-8-10-5-6-11(14)12(7-10)17(18)19/h5-7,15H,8-9H2,1-4H3. The Bertz CT molecular complexity index is 461. The SMILES string of the molecule is CN(C)C(C)(C)CNCc1ccc(Cl)c([N+](=O)[O-])c1. The van der Waals surface area contributed by atoms with E-state index in [9.17, 15) is 10.1 Å². The van der Waals surface area contributed by atoms with Crippen LogP contribution < -0.4 is 5.32 Å². The number of halogens is 1. The van der Waals surface area contributed by atoms with Crippen molar-refractivity contribution in [2.45, 2.75) is 25.9 Å². The second kappa shape index (κ2) is 6.32. The van der Waals surface area contributed by atoms with Crippen molar-refractivity contribution in [3.63, 3.8) is 0 Å². The number of benzene rings is 1. The lowest BCUT2D eigenvalue weighted by molar-refractivity contribution is -0.384. The van der Waals surface area contributed by atoms with E-state index >= 15 is 0 Å². The first kappa shape index (κ1) is 15.9. The summed E-state index contributed by atoms with van der Waals surface area (Å²) < 4.78 is 0. The monoisotopic (exact) mass is 285 g/mol. The minimum Gasteiger partial charge on any atom is -0.311 e. The normalized spacial score (nSPS) is 11.9. The average Bonchev–Trinajstić information content (AvgIpc) is 2.30. The molecule has 0 spiro atoms. The number of nitro benzene ring substituents is 1. The Hall–Kier alpha value is -1.17. The summed E-state index contributed by atoms with van der Waals surface area (Å²) in [7, 11) is 4.05. The molecular formula is C13H20ClN3O2. The summed E-state index contributed by atoms with van der Waals surface area (Å²) in [5.74, 6) is 0. The Morgan fingerprint density at radius 1 is 1.42 bits per heavy atom. The molecule has 0 amide bonds. The van der Waals surface area contributed by atoms with Crippen molar-refractivity contribution >= 4 is 17.3 Å². The molecule has 106 valence electrons. The Kier molecular flexibility index (Phi) is 5.29. The summed E-state index contributed by atoms with van der Waals surface area (Å²) in [5, 5.41) is 14.3. The molecule has 1 N–H and O–H groups in total. The van der Waals surface area contributed by atoms with E-state index in [2.05, 4.69) is 24.1 Å². The summed E-state index contributed by atoms with van der Waals surface area (Å²) in [6.07, 6.45) is 0. The largest absolute Gasteiger partial charge is 0.311 e. The molecule has 1 rings (SSSR count). The molecule has 5 nitrogen and oxygen atoms in total. The molecule has 0 aliphatic heterocycles. The van der Waals surface area contributed by atoms with Crippen LogP contribution in [0.2, 0.25) is 5.02 Å². The zero-order valence-corrected chi connectivity index (χ0v) is 12.5. The third-order valence-electron chi connectivity index (χ3n) is 3.30. The second-order valence-corrected chi connectivity index (χ2v) is 5.76. The number of nitrogens with zero attached hydrogens (tertiary/aromatic N) is 2. The van der Waals surface area contributed by atoms with Crippen molar-refractivity contribution in [2.24, 2.45) is 0 Å². The van der Waals surface area contributed by atoms with E-state index in [0.717, 1.165) is 12.1 Å². The molecule has 0 unspecified atom stereocenters. The number of nitro groups is 1. The van der Waals surface area contributed by atoms with Gasteiger partial charge in [-0.25, -0.2) is 0 Å². The molecular weight excluding hydrogens is 266 g/mol. The van der Waals surface area contributed by atoms with Crippen LogP contribution in [-0.2, 0) is 6.54 Å². The molecule has 0 saturated carbocycles. The minimum absolute atomic E-state index is 0.0261. The highest BCUT2D eigenvalue weighted by molar-refractivity contribution is 6.32. The first-order chi connectivity index (χ1) is 8.74. The smallest absolute Gasteiger partial charge is 0.288 e. The third-order valence-corrected chi connectivity index (χ3v) is 3.62. The molecule has 0 aromatic heterocycles. The van der Waals surface area contributed by atoms with Gasteiger partial charge in [0, 0.05) is 24.7 Å². The Balaban J connectivity index is 2.64. The van der Waals surface area contributed by atoms with Crippen molar-refractivity contribution < 1.29 is 4.92 Å². The Morgan fingerprint density at radius 3 is 2.58 bits per heavy atom. The molecule has 0 radical (unpaired) electrons. The van der Waals surface area contributed by atoms with E-state index in [-0.39, 0.29) is 16.2 Å². The molecule has 0 aliphatic carbocycles. The van der Waals surface area contributed by atoms with Gasteiger partial charge in [0.2, 0.25) is 0 Å². The highest BCUT2D eigenvalue weighted by Gasteiger charge is 2.19. The van der Waals surface area contributed by atoms with Crippen LogP contribution in [0, 0.1) is 10.1 Å². The van der Waals surface area contributed by atoms with Crippen LogP contribution >= 0.6 is 11.6 Å². The van der Waals surface area contributed by atoms with Crippen molar-refractivity contribution in [1.82, 2.24) is 10.2 Å². The van der Waals surface area contributed by atoms with Gasteiger partial charge in [0.05, 0.1) is 4.92 Å². The molecule has 0 atom stereocenters. The number of likely N-dealkylation sites (N-methyl/N-ethyl adjacent to an activating group) is 1. The molecule has 0 aliphatic rings. The number of hydrogen-bond acceptors (Lipinski definition) is 4. The van der Waals surface area contributed by atoms with E-state index < -0.39 is 4.92 Å². The van der Waals surface area contributed by atoms with Gasteiger partial charge in [-0.05, 0) is 39.6 Å². The second-order valence-electron chi connectivity index (χ2n) is 5.35. The maximum absolute atomic E-state index is 10.8. The van der Waals surface area contributed by atoms with Crippen LogP contribution in [0.5, 0.6) is 0 Å². The van der Waals surface area contributed by atoms with Crippen molar-refractivity contribution in [1.29, 1.82) is 0 Å². The number of hydrogen-bond donors (Lipinski definition) is 1. The molecule has 19 heavy (non-hydrogen) atoms. The molecule has 0 heterocycles. The van der Waals surface area contributed by atoms with Gasteiger partial charge in [0.25, 0.3) is 5.69 Å². The molecule has 1 aromatic carbocycles. The summed E-state index contributed by atoms with van der Waals surface area (Å²) >= 11 is 5.77. The highest BCUT2D eigenvalue weighted by atomic mass is 35.5. The van der Waals surface area contributed by atoms with Crippen LogP contribution in [0.25, 0.3) is 0 Å². The zero-order chi connectivity index (χ0) is 14.6. The van der Waals surface area contributed by atoms with Gasteiger partial charge in [-0.2, -0.15) is 0 Å². The lowest BCUT2D eigenvalue weighted by Crippen LogP contribution is -2.46. The van der Waals surface area contributed by atoms with Crippen LogP contribution in [-0.4, -0.2) is 36.0 Å². The van der Waals surface area contributed by atoms with Gasteiger partial charge in [0.15, 0.2) is 0 Å². The highest BCUT2D eigenvalue weighted by Crippen LogP contribution is 2.25. The van der Waals surface area contributed by atoms with Gasteiger partial charge in [0.1, 0.15) is 5.02 Å². The van der Waals surface area contributed by atoms with Crippen LogP contribution in [0.4, 0.5) is 5.69 Å². The fourth-order valence-electron chi connectivity index (χ4n) is 1.48. The van der Waals surface area contributed by atoms with Crippen molar-refractivity contribution in [3.8, 4) is 0 Å². The van der Waals surface area contributed by atoms with Gasteiger partial charge in [-0.1, -0.05) is 17.7 Å². The lowest BCUT2D eigenvalue weighted by atomic mass is 10.0. The van der Waals surface area contributed by atoms with E-state index in [1.807, 2.05) is 14.1 Å². The first-order valence-corrected chi connectivity index (χ1v) is 6.43. The van der Waals surface area contributed by atoms with Crippen LogP contribution in [0.15, 0.2) is 18.2 Å². The van der Waals surface area contributed by atoms with Gasteiger partial charge >= 0.3 is 0 Å². The zero-order valence-electron chi connectivity index (χ0n) is 11.7. The Labute approximate surface area is 118 Å². The maximum Gasteiger partial charge on any atom is 0.288 e. The van der Waals surface area contributed by atoms with Crippen molar-refractivity contribution in [3.05, 3.63) is 38.9 Å². The average molecular weight is 286 g/mol. The van der Waals surface area contributed by atoms with Gasteiger partial charge in [-0.15, -0.1) is 0 Å². The predicted molar refractivity (Wildman–Crippen MR) is 77.6 cm³/mol. The Morgan fingerprint density at radius 2 is 2.05 bits per heavy atom. The van der Waals surface area contributed by atoms with E-state index in [1.165, 1.54) is 6.07 Å². The van der Waals surface area contributed by atoms with E-state index in [0.29, 0.717) is 6.54 Å². The fraction of sp³-hybridized carbons (Fsp3) is 0.538. The molecule has 0 bridgehead atoms. The van der Waals surface area contributed by atoms with Crippen LogP contribution in [0.1, 0.15) is 19.4 Å². The molecule has 0 saturated heterocycles. The predicted octanol–water partition coefficient (Wildman–Crippen LogP) is 2.68. The molecule has 1 aromatic rings. The fourth-order valence-corrected chi connectivity index (χ4v) is 1.67. The van der Waals surface area contributed by atoms with E-state index in [1.54, 1.807) is 12.1 Å². The minimum atomic E-state index is -0.463. The summed E-state index contributed by atoms with van der Waals surface area (Å²) in [6, 6.07) is 4.87.